The highest BCUT2D eigenvalue weighted by Crippen LogP contribution is 2.34. The van der Waals surface area contributed by atoms with E-state index in [2.05, 4.69) is 51.5 Å². The summed E-state index contributed by atoms with van der Waals surface area (Å²) in [6.07, 6.45) is 2.75. The molecule has 1 saturated heterocycles. The molecule has 1 atom stereocenters. The third-order valence-corrected chi connectivity index (χ3v) is 5.76. The molecule has 178 valence electrons. The first-order valence-electron chi connectivity index (χ1n) is 11.5. The van der Waals surface area contributed by atoms with Crippen molar-refractivity contribution < 1.29 is 9.59 Å². The molecule has 0 spiro atoms. The summed E-state index contributed by atoms with van der Waals surface area (Å²) in [6, 6.07) is 12.9. The molecule has 1 unspecified atom stereocenters. The Morgan fingerprint density at radius 2 is 1.94 bits per heavy atom. The normalized spacial score (nSPS) is 17.3. The number of nitrogens with one attached hydrogen (secondary N) is 2. The smallest absolute Gasteiger partial charge is 0.294 e. The van der Waals surface area contributed by atoms with Gasteiger partial charge in [0.25, 0.3) is 5.91 Å². The highest BCUT2D eigenvalue weighted by atomic mass is 16.2. The molecule has 1 aromatic carbocycles. The maximum atomic E-state index is 13.2. The van der Waals surface area contributed by atoms with Gasteiger partial charge in [-0.3, -0.25) is 14.2 Å². The predicted molar refractivity (Wildman–Crippen MR) is 132 cm³/mol. The molecule has 9 heteroatoms. The second kappa shape index (κ2) is 9.62. The number of pyridine rings is 1. The fourth-order valence-electron chi connectivity index (χ4n) is 4.77. The molecule has 0 aliphatic carbocycles. The van der Waals surface area contributed by atoms with Crippen LogP contribution in [0.1, 0.15) is 50.3 Å². The Kier molecular flexibility index (Phi) is 6.63. The number of anilines is 3. The predicted octanol–water partition coefficient (Wildman–Crippen LogP) is 3.80. The maximum absolute atomic E-state index is 13.2. The lowest BCUT2D eigenvalue weighted by molar-refractivity contribution is -0.114. The van der Waals surface area contributed by atoms with E-state index in [-0.39, 0.29) is 23.1 Å². The average molecular weight is 462 g/mol. The molecule has 1 aliphatic heterocycles. The van der Waals surface area contributed by atoms with Crippen LogP contribution < -0.4 is 15.5 Å². The fraction of sp³-hybridized carbons (Fsp3) is 0.400. The lowest BCUT2D eigenvalue weighted by atomic mass is 9.79. The van der Waals surface area contributed by atoms with Crippen molar-refractivity contribution in [1.82, 2.24) is 19.7 Å². The summed E-state index contributed by atoms with van der Waals surface area (Å²) in [5.74, 6) is 1.30. The molecule has 1 aliphatic rings. The molecule has 0 bridgehead atoms. The minimum absolute atomic E-state index is 0.121. The quantitative estimate of drug-likeness (QED) is 0.578. The summed E-state index contributed by atoms with van der Waals surface area (Å²) >= 11 is 0. The summed E-state index contributed by atoms with van der Waals surface area (Å²) in [5.41, 5.74) is 1.74. The number of carbonyl (C=O) groups excluding carboxylic acids is 2. The molecule has 3 aromatic rings. The Morgan fingerprint density at radius 3 is 2.65 bits per heavy atom. The monoisotopic (exact) mass is 461 g/mol. The zero-order valence-corrected chi connectivity index (χ0v) is 20.1. The zero-order chi connectivity index (χ0) is 24.3. The van der Waals surface area contributed by atoms with Gasteiger partial charge in [-0.05, 0) is 47.6 Å². The van der Waals surface area contributed by atoms with E-state index < -0.39 is 0 Å². The maximum Gasteiger partial charge on any atom is 0.294 e. The Bertz CT molecular complexity index is 1170. The SMILES string of the molecule is CC(=O)Nc1cccc(Cn2c(C(=O)Nc3ccccn3)nnc2N2CC(C)CC(C)(C)C2)c1. The summed E-state index contributed by atoms with van der Waals surface area (Å²) in [4.78, 5) is 31.1. The molecule has 2 amide bonds. The van der Waals surface area contributed by atoms with Crippen molar-refractivity contribution >= 4 is 29.3 Å². The largest absolute Gasteiger partial charge is 0.340 e. The molecule has 9 nitrogen and oxygen atoms in total. The van der Waals surface area contributed by atoms with Crippen LogP contribution >= 0.6 is 0 Å². The van der Waals surface area contributed by atoms with Gasteiger partial charge in [0.2, 0.25) is 17.7 Å². The van der Waals surface area contributed by atoms with E-state index in [1.165, 1.54) is 6.92 Å². The van der Waals surface area contributed by atoms with Crippen LogP contribution in [0.3, 0.4) is 0 Å². The molecule has 0 radical (unpaired) electrons. The van der Waals surface area contributed by atoms with Gasteiger partial charge < -0.3 is 15.5 Å². The minimum Gasteiger partial charge on any atom is -0.340 e. The average Bonchev–Trinajstić information content (AvgIpc) is 3.16. The van der Waals surface area contributed by atoms with Crippen LogP contribution in [-0.4, -0.2) is 44.7 Å². The van der Waals surface area contributed by atoms with E-state index in [9.17, 15) is 9.59 Å². The van der Waals surface area contributed by atoms with Crippen LogP contribution in [0.15, 0.2) is 48.7 Å². The summed E-state index contributed by atoms with van der Waals surface area (Å²) in [7, 11) is 0. The van der Waals surface area contributed by atoms with Gasteiger partial charge in [0, 0.05) is 31.9 Å². The van der Waals surface area contributed by atoms with Crippen LogP contribution in [0, 0.1) is 11.3 Å². The number of nitrogens with zero attached hydrogens (tertiary/aromatic N) is 5. The fourth-order valence-corrected chi connectivity index (χ4v) is 4.77. The van der Waals surface area contributed by atoms with E-state index in [0.717, 1.165) is 25.1 Å². The van der Waals surface area contributed by atoms with E-state index in [4.69, 9.17) is 0 Å². The zero-order valence-electron chi connectivity index (χ0n) is 20.1. The van der Waals surface area contributed by atoms with E-state index in [1.807, 2.05) is 34.9 Å². The van der Waals surface area contributed by atoms with E-state index in [1.54, 1.807) is 18.3 Å². The van der Waals surface area contributed by atoms with Gasteiger partial charge >= 0.3 is 0 Å². The number of benzene rings is 1. The Hall–Kier alpha value is -3.75. The summed E-state index contributed by atoms with van der Waals surface area (Å²) in [5, 5.41) is 14.4. The molecular weight excluding hydrogens is 430 g/mol. The number of carbonyl (C=O) groups is 2. The number of hydrogen-bond donors (Lipinski definition) is 2. The van der Waals surface area contributed by atoms with Gasteiger partial charge in [-0.15, -0.1) is 10.2 Å². The van der Waals surface area contributed by atoms with Crippen molar-refractivity contribution in [2.75, 3.05) is 28.6 Å². The minimum atomic E-state index is -0.375. The Morgan fingerprint density at radius 1 is 1.12 bits per heavy atom. The molecule has 0 saturated carbocycles. The standard InChI is InChI=1S/C25H31N7O2/c1-17-13-25(3,4)16-31(14-17)24-30-29-22(23(34)28-21-10-5-6-11-26-21)32(24)15-19-8-7-9-20(12-19)27-18(2)33/h5-12,17H,13-16H2,1-4H3,(H,27,33)(H,26,28,34). The van der Waals surface area contributed by atoms with Crippen molar-refractivity contribution in [2.45, 2.75) is 40.7 Å². The van der Waals surface area contributed by atoms with E-state index >= 15 is 0 Å². The van der Waals surface area contributed by atoms with Gasteiger partial charge in [0.05, 0.1) is 6.54 Å². The van der Waals surface area contributed by atoms with E-state index in [0.29, 0.717) is 29.9 Å². The number of piperidine rings is 1. The van der Waals surface area contributed by atoms with Crippen LogP contribution in [0.2, 0.25) is 0 Å². The van der Waals surface area contributed by atoms with Gasteiger partial charge in [-0.1, -0.05) is 39.0 Å². The van der Waals surface area contributed by atoms with Crippen LogP contribution in [0.4, 0.5) is 17.5 Å². The molecule has 3 heterocycles. The van der Waals surface area contributed by atoms with Gasteiger partial charge in [-0.25, -0.2) is 4.98 Å². The first-order chi connectivity index (χ1) is 16.2. The van der Waals surface area contributed by atoms with Crippen molar-refractivity contribution in [3.63, 3.8) is 0 Å². The second-order valence-electron chi connectivity index (χ2n) is 9.81. The number of hydrogen-bond acceptors (Lipinski definition) is 6. The van der Waals surface area contributed by atoms with Gasteiger partial charge in [0.15, 0.2) is 0 Å². The topological polar surface area (TPSA) is 105 Å². The number of rotatable bonds is 6. The summed E-state index contributed by atoms with van der Waals surface area (Å²) in [6.45, 7) is 10.3. The molecule has 2 aromatic heterocycles. The van der Waals surface area contributed by atoms with Crippen LogP contribution in [0.5, 0.6) is 0 Å². The van der Waals surface area contributed by atoms with Crippen molar-refractivity contribution in [3.8, 4) is 0 Å². The third kappa shape index (κ3) is 5.59. The van der Waals surface area contributed by atoms with Crippen molar-refractivity contribution in [1.29, 1.82) is 0 Å². The number of aromatic nitrogens is 4. The molecule has 4 rings (SSSR count). The Balaban J connectivity index is 1.69. The Labute approximate surface area is 199 Å². The first kappa shape index (κ1) is 23.4. The number of amides is 2. The van der Waals surface area contributed by atoms with Crippen molar-refractivity contribution in [3.05, 3.63) is 60.0 Å². The van der Waals surface area contributed by atoms with Gasteiger partial charge in [-0.2, -0.15) is 0 Å². The first-order valence-corrected chi connectivity index (χ1v) is 11.5. The third-order valence-electron chi connectivity index (χ3n) is 5.76. The second-order valence-corrected chi connectivity index (χ2v) is 9.81. The molecule has 2 N–H and O–H groups in total. The highest BCUT2D eigenvalue weighted by molar-refractivity contribution is 6.01. The molecule has 34 heavy (non-hydrogen) atoms. The van der Waals surface area contributed by atoms with Gasteiger partial charge in [0.1, 0.15) is 5.82 Å². The highest BCUT2D eigenvalue weighted by Gasteiger charge is 2.34. The summed E-state index contributed by atoms with van der Waals surface area (Å²) < 4.78 is 1.85. The molecular formula is C25H31N7O2. The molecule has 1 fully saturated rings. The lowest BCUT2D eigenvalue weighted by Gasteiger charge is -2.41. The van der Waals surface area contributed by atoms with Crippen molar-refractivity contribution in [2.24, 2.45) is 11.3 Å². The van der Waals surface area contributed by atoms with Crippen LogP contribution in [-0.2, 0) is 11.3 Å². The van der Waals surface area contributed by atoms with Crippen LogP contribution in [0.25, 0.3) is 0 Å². The lowest BCUT2D eigenvalue weighted by Crippen LogP contribution is -2.45.